The van der Waals surface area contributed by atoms with Gasteiger partial charge in [0.25, 0.3) is 11.7 Å². The van der Waals surface area contributed by atoms with Gasteiger partial charge in [-0.05, 0) is 68.0 Å². The Morgan fingerprint density at radius 1 is 1.03 bits per heavy atom. The fourth-order valence-corrected chi connectivity index (χ4v) is 4.51. The number of nitrogens with zero attached hydrogens (tertiary/aromatic N) is 2. The Morgan fingerprint density at radius 3 is 2.42 bits per heavy atom. The summed E-state index contributed by atoms with van der Waals surface area (Å²) < 4.78 is 11.2. The van der Waals surface area contributed by atoms with Crippen LogP contribution in [0.25, 0.3) is 5.76 Å². The first-order chi connectivity index (χ1) is 18.2. The van der Waals surface area contributed by atoms with E-state index >= 15 is 0 Å². The Hall–Kier alpha value is -4.30. The van der Waals surface area contributed by atoms with Crippen LogP contribution in [-0.4, -0.2) is 66.0 Å². The summed E-state index contributed by atoms with van der Waals surface area (Å²) >= 11 is 0. The number of phenolic OH excluding ortho intramolecular Hbond substituents is 1. The number of ketones is 1. The van der Waals surface area contributed by atoms with E-state index < -0.39 is 17.7 Å². The second kappa shape index (κ2) is 11.4. The molecule has 1 heterocycles. The van der Waals surface area contributed by atoms with Crippen LogP contribution in [0.5, 0.6) is 17.2 Å². The lowest BCUT2D eigenvalue weighted by Gasteiger charge is -2.27. The number of Topliss-reactive ketones (excluding diaryl/α,β-unsaturated/α-hetero) is 1. The van der Waals surface area contributed by atoms with Gasteiger partial charge in [-0.3, -0.25) is 9.59 Å². The van der Waals surface area contributed by atoms with E-state index in [0.29, 0.717) is 35.6 Å². The van der Waals surface area contributed by atoms with Gasteiger partial charge in [0.1, 0.15) is 18.1 Å². The fraction of sp³-hybridized carbons (Fsp3) is 0.267. The normalized spacial score (nSPS) is 16.8. The zero-order valence-corrected chi connectivity index (χ0v) is 22.0. The number of carbonyl (C=O) groups excluding carboxylic acids is 2. The number of likely N-dealkylation sites (tertiary alicyclic amines) is 1. The third-order valence-corrected chi connectivity index (χ3v) is 6.55. The molecular formula is C30H32N2O6. The van der Waals surface area contributed by atoms with E-state index in [4.69, 9.17) is 9.47 Å². The molecule has 1 saturated heterocycles. The Labute approximate surface area is 222 Å². The van der Waals surface area contributed by atoms with Crippen LogP contribution in [0.1, 0.15) is 28.3 Å². The number of hydrogen-bond donors (Lipinski definition) is 2. The van der Waals surface area contributed by atoms with E-state index in [-0.39, 0.29) is 29.4 Å². The van der Waals surface area contributed by atoms with Crippen molar-refractivity contribution >= 4 is 17.4 Å². The second-order valence-electron chi connectivity index (χ2n) is 9.48. The van der Waals surface area contributed by atoms with Crippen molar-refractivity contribution in [2.45, 2.75) is 19.6 Å². The first-order valence-corrected chi connectivity index (χ1v) is 12.3. The summed E-state index contributed by atoms with van der Waals surface area (Å²) in [4.78, 5) is 29.8. The summed E-state index contributed by atoms with van der Waals surface area (Å²) in [5, 5.41) is 21.5. The van der Waals surface area contributed by atoms with Gasteiger partial charge in [-0.2, -0.15) is 0 Å². The molecule has 3 aromatic carbocycles. The Morgan fingerprint density at radius 2 is 1.76 bits per heavy atom. The maximum absolute atomic E-state index is 13.3. The molecule has 0 aromatic heterocycles. The van der Waals surface area contributed by atoms with Crippen molar-refractivity contribution < 1.29 is 29.3 Å². The lowest BCUT2D eigenvalue weighted by molar-refractivity contribution is -0.140. The summed E-state index contributed by atoms with van der Waals surface area (Å²) in [7, 11) is 5.17. The van der Waals surface area contributed by atoms with Gasteiger partial charge >= 0.3 is 0 Å². The topological polar surface area (TPSA) is 99.5 Å². The minimum absolute atomic E-state index is 0.0115. The zero-order valence-electron chi connectivity index (χ0n) is 22.0. The largest absolute Gasteiger partial charge is 0.507 e. The number of carbonyl (C=O) groups is 2. The number of methoxy groups -OCH3 is 1. The minimum Gasteiger partial charge on any atom is -0.507 e. The molecular weight excluding hydrogens is 484 g/mol. The third-order valence-electron chi connectivity index (χ3n) is 6.55. The van der Waals surface area contributed by atoms with Crippen molar-refractivity contribution in [3.63, 3.8) is 0 Å². The number of hydrogen-bond acceptors (Lipinski definition) is 7. The summed E-state index contributed by atoms with van der Waals surface area (Å²) in [6.45, 7) is 3.00. The molecule has 0 unspecified atom stereocenters. The molecule has 8 nitrogen and oxygen atoms in total. The number of aliphatic hydroxyl groups is 1. The van der Waals surface area contributed by atoms with E-state index in [1.165, 1.54) is 18.1 Å². The highest BCUT2D eigenvalue weighted by Crippen LogP contribution is 2.42. The molecule has 2 N–H and O–H groups in total. The molecule has 0 radical (unpaired) electrons. The molecule has 0 aliphatic carbocycles. The lowest BCUT2D eigenvalue weighted by Crippen LogP contribution is -2.35. The number of aliphatic hydroxyl groups excluding tert-OH is 1. The molecule has 3 aromatic rings. The molecule has 4 rings (SSSR count). The maximum Gasteiger partial charge on any atom is 0.295 e. The summed E-state index contributed by atoms with van der Waals surface area (Å²) in [5.41, 5.74) is 2.68. The Kier molecular flexibility index (Phi) is 8.02. The van der Waals surface area contributed by atoms with E-state index in [9.17, 15) is 19.8 Å². The molecule has 0 bridgehead atoms. The van der Waals surface area contributed by atoms with Crippen molar-refractivity contribution in [2.24, 2.45) is 0 Å². The van der Waals surface area contributed by atoms with Crippen LogP contribution in [0.3, 0.4) is 0 Å². The number of phenols is 1. The van der Waals surface area contributed by atoms with Crippen molar-refractivity contribution in [1.82, 2.24) is 9.80 Å². The van der Waals surface area contributed by atoms with Crippen LogP contribution in [-0.2, 0) is 16.2 Å². The fourth-order valence-electron chi connectivity index (χ4n) is 4.51. The van der Waals surface area contributed by atoms with Crippen molar-refractivity contribution in [3.05, 3.63) is 94.6 Å². The van der Waals surface area contributed by atoms with Crippen LogP contribution in [0, 0.1) is 6.92 Å². The Bertz CT molecular complexity index is 1370. The first kappa shape index (κ1) is 26.8. The number of likely N-dealkylation sites (N-methyl/N-ethyl adjacent to an activating group) is 1. The summed E-state index contributed by atoms with van der Waals surface area (Å²) in [5.74, 6) is -0.956. The van der Waals surface area contributed by atoms with E-state index in [1.54, 1.807) is 30.3 Å². The number of benzene rings is 3. The third kappa shape index (κ3) is 5.50. The number of aryl methyl sites for hydroxylation is 1. The summed E-state index contributed by atoms with van der Waals surface area (Å²) in [6, 6.07) is 18.8. The highest BCUT2D eigenvalue weighted by atomic mass is 16.5. The molecule has 0 saturated carbocycles. The van der Waals surface area contributed by atoms with Crippen molar-refractivity contribution in [3.8, 4) is 17.2 Å². The quantitative estimate of drug-likeness (QED) is 0.249. The first-order valence-electron chi connectivity index (χ1n) is 12.3. The maximum atomic E-state index is 13.3. The van der Waals surface area contributed by atoms with Crippen LogP contribution in [0.15, 0.2) is 72.3 Å². The smallest absolute Gasteiger partial charge is 0.295 e. The average Bonchev–Trinajstić information content (AvgIpc) is 3.16. The van der Waals surface area contributed by atoms with Gasteiger partial charge in [0.2, 0.25) is 0 Å². The van der Waals surface area contributed by atoms with Crippen LogP contribution in [0.4, 0.5) is 0 Å². The molecule has 1 atom stereocenters. The second-order valence-corrected chi connectivity index (χ2v) is 9.48. The van der Waals surface area contributed by atoms with Crippen molar-refractivity contribution in [2.75, 3.05) is 34.3 Å². The minimum atomic E-state index is -0.849. The molecule has 38 heavy (non-hydrogen) atoms. The van der Waals surface area contributed by atoms with E-state index in [1.807, 2.05) is 56.3 Å². The van der Waals surface area contributed by atoms with Gasteiger partial charge in [-0.25, -0.2) is 0 Å². The monoisotopic (exact) mass is 516 g/mol. The SMILES string of the molecule is COc1cc([C@@H]2C(=C(O)c3ccc(OCc4ccccc4)cc3C)C(=O)C(=O)N2CCN(C)C)ccc1O. The van der Waals surface area contributed by atoms with Gasteiger partial charge in [-0.1, -0.05) is 36.4 Å². The molecule has 8 heteroatoms. The summed E-state index contributed by atoms with van der Waals surface area (Å²) in [6.07, 6.45) is 0. The molecule has 1 amide bonds. The van der Waals surface area contributed by atoms with Gasteiger partial charge in [0.15, 0.2) is 11.5 Å². The lowest BCUT2D eigenvalue weighted by atomic mass is 9.93. The molecule has 1 aliphatic rings. The van der Waals surface area contributed by atoms with Crippen molar-refractivity contribution in [1.29, 1.82) is 0 Å². The highest BCUT2D eigenvalue weighted by molar-refractivity contribution is 6.46. The van der Waals surface area contributed by atoms with Gasteiger partial charge in [-0.15, -0.1) is 0 Å². The number of aromatic hydroxyl groups is 1. The average molecular weight is 517 g/mol. The molecule has 198 valence electrons. The van der Waals surface area contributed by atoms with E-state index in [2.05, 4.69) is 0 Å². The van der Waals surface area contributed by atoms with Gasteiger partial charge < -0.3 is 29.5 Å². The highest BCUT2D eigenvalue weighted by Gasteiger charge is 2.46. The van der Waals surface area contributed by atoms with Crippen LogP contribution >= 0.6 is 0 Å². The van der Waals surface area contributed by atoms with E-state index in [0.717, 1.165) is 5.56 Å². The predicted octanol–water partition coefficient (Wildman–Crippen LogP) is 4.27. The van der Waals surface area contributed by atoms with Crippen LogP contribution in [0.2, 0.25) is 0 Å². The van der Waals surface area contributed by atoms with Gasteiger partial charge in [0.05, 0.1) is 18.7 Å². The number of amides is 1. The number of ether oxygens (including phenoxy) is 2. The Balaban J connectivity index is 1.74. The predicted molar refractivity (Wildman–Crippen MR) is 144 cm³/mol. The molecule has 0 spiro atoms. The number of rotatable bonds is 9. The standard InChI is InChI=1S/C30H32N2O6/c1-19-16-22(38-18-20-8-6-5-7-9-20)11-12-23(19)28(34)26-27(21-10-13-24(33)25(17-21)37-4)32(15-14-31(2)3)30(36)29(26)35/h5-13,16-17,27,33-34H,14-15,18H2,1-4H3/t27-/m1/s1. The zero-order chi connectivity index (χ0) is 27.4. The van der Waals surface area contributed by atoms with Crippen LogP contribution < -0.4 is 9.47 Å². The molecule has 1 aliphatic heterocycles. The van der Waals surface area contributed by atoms with Gasteiger partial charge in [0, 0.05) is 18.7 Å². The molecule has 1 fully saturated rings.